The summed E-state index contributed by atoms with van der Waals surface area (Å²) >= 11 is 0. The second-order valence-electron chi connectivity index (χ2n) is 11.3. The summed E-state index contributed by atoms with van der Waals surface area (Å²) < 4.78 is 0. The first kappa shape index (κ1) is 29.1. The van der Waals surface area contributed by atoms with Gasteiger partial charge in [-0.3, -0.25) is 0 Å². The third-order valence-electron chi connectivity index (χ3n) is 7.44. The molecule has 0 spiro atoms. The standard InChI is InChI=1S/C33H53P/c1-9-11-13-15-17-26-19-20-29(33(34)28(26)18-16-14-12-10-2)32-30(24(5)6)21-27(23(3)4)22-31(32)25(7)8/h19-25H,9-18,34H2,1-8H3. The minimum atomic E-state index is 0.511. The van der Waals surface area contributed by atoms with Gasteiger partial charge in [0.15, 0.2) is 0 Å². The fourth-order valence-corrected chi connectivity index (χ4v) is 5.77. The van der Waals surface area contributed by atoms with E-state index in [9.17, 15) is 0 Å². The highest BCUT2D eigenvalue weighted by molar-refractivity contribution is 7.28. The van der Waals surface area contributed by atoms with Gasteiger partial charge in [-0.2, -0.15) is 0 Å². The van der Waals surface area contributed by atoms with Crippen LogP contribution in [0.15, 0.2) is 24.3 Å². The summed E-state index contributed by atoms with van der Waals surface area (Å²) in [5.41, 5.74) is 10.7. The van der Waals surface area contributed by atoms with Gasteiger partial charge in [-0.15, -0.1) is 9.24 Å². The van der Waals surface area contributed by atoms with Crippen LogP contribution >= 0.6 is 9.24 Å². The predicted octanol–water partition coefficient (Wildman–Crippen LogP) is 10.5. The van der Waals surface area contributed by atoms with Gasteiger partial charge >= 0.3 is 0 Å². The topological polar surface area (TPSA) is 0 Å². The second kappa shape index (κ2) is 14.4. The first-order chi connectivity index (χ1) is 16.2. The quantitative estimate of drug-likeness (QED) is 0.186. The lowest BCUT2D eigenvalue weighted by atomic mass is 9.80. The van der Waals surface area contributed by atoms with Crippen LogP contribution in [-0.4, -0.2) is 0 Å². The van der Waals surface area contributed by atoms with Gasteiger partial charge in [0.2, 0.25) is 0 Å². The first-order valence-corrected chi connectivity index (χ1v) is 14.9. The van der Waals surface area contributed by atoms with Crippen LogP contribution in [0.4, 0.5) is 0 Å². The van der Waals surface area contributed by atoms with Gasteiger partial charge in [0.05, 0.1) is 0 Å². The van der Waals surface area contributed by atoms with Crippen molar-refractivity contribution < 1.29 is 0 Å². The van der Waals surface area contributed by atoms with E-state index in [1.54, 1.807) is 11.1 Å². The van der Waals surface area contributed by atoms with Crippen LogP contribution in [-0.2, 0) is 12.8 Å². The Kier molecular flexibility index (Phi) is 12.4. The van der Waals surface area contributed by atoms with Gasteiger partial charge < -0.3 is 0 Å². The van der Waals surface area contributed by atoms with Crippen molar-refractivity contribution in [3.63, 3.8) is 0 Å². The maximum atomic E-state index is 3.20. The normalized spacial score (nSPS) is 11.9. The molecule has 0 N–H and O–H groups in total. The molecule has 1 unspecified atom stereocenters. The van der Waals surface area contributed by atoms with Crippen molar-refractivity contribution in [3.8, 4) is 11.1 Å². The molecule has 0 fully saturated rings. The number of aryl methyl sites for hydroxylation is 1. The smallest absolute Gasteiger partial charge is 0.0104 e. The van der Waals surface area contributed by atoms with Crippen molar-refractivity contribution in [3.05, 3.63) is 52.1 Å². The molecule has 0 aliphatic carbocycles. The molecular weight excluding hydrogens is 427 g/mol. The number of hydrogen-bond acceptors (Lipinski definition) is 0. The van der Waals surface area contributed by atoms with Crippen molar-refractivity contribution in [1.29, 1.82) is 0 Å². The highest BCUT2D eigenvalue weighted by Crippen LogP contribution is 2.39. The highest BCUT2D eigenvalue weighted by Gasteiger charge is 2.21. The molecule has 190 valence electrons. The van der Waals surface area contributed by atoms with Crippen LogP contribution in [0.5, 0.6) is 0 Å². The summed E-state index contributed by atoms with van der Waals surface area (Å²) in [6, 6.07) is 9.93. The average molecular weight is 481 g/mol. The zero-order valence-electron chi connectivity index (χ0n) is 23.7. The summed E-state index contributed by atoms with van der Waals surface area (Å²) in [6.45, 7) is 18.7. The zero-order valence-corrected chi connectivity index (χ0v) is 24.8. The molecule has 0 saturated carbocycles. The minimum absolute atomic E-state index is 0.511. The Morgan fingerprint density at radius 1 is 0.647 bits per heavy atom. The van der Waals surface area contributed by atoms with Crippen LogP contribution in [0.2, 0.25) is 0 Å². The molecule has 0 nitrogen and oxygen atoms in total. The van der Waals surface area contributed by atoms with Gasteiger partial charge in [-0.05, 0) is 87.7 Å². The van der Waals surface area contributed by atoms with E-state index < -0.39 is 0 Å². The fourth-order valence-electron chi connectivity index (χ4n) is 5.19. The Hall–Kier alpha value is -1.13. The highest BCUT2D eigenvalue weighted by atomic mass is 31.0. The van der Waals surface area contributed by atoms with E-state index in [-0.39, 0.29) is 0 Å². The lowest BCUT2D eigenvalue weighted by Crippen LogP contribution is -2.13. The summed E-state index contributed by atoms with van der Waals surface area (Å²) in [6.07, 6.45) is 13.1. The number of unbranched alkanes of at least 4 members (excludes halogenated alkanes) is 6. The van der Waals surface area contributed by atoms with Crippen molar-refractivity contribution in [2.24, 2.45) is 0 Å². The maximum absolute atomic E-state index is 3.20. The monoisotopic (exact) mass is 480 g/mol. The van der Waals surface area contributed by atoms with E-state index in [0.717, 1.165) is 0 Å². The van der Waals surface area contributed by atoms with Crippen molar-refractivity contribution in [1.82, 2.24) is 0 Å². The van der Waals surface area contributed by atoms with Gasteiger partial charge in [0, 0.05) is 0 Å². The Bertz CT molecular complexity index is 859. The molecule has 2 rings (SSSR count). The van der Waals surface area contributed by atoms with E-state index in [1.807, 2.05) is 0 Å². The van der Waals surface area contributed by atoms with E-state index >= 15 is 0 Å². The molecule has 2 aromatic carbocycles. The SMILES string of the molecule is CCCCCCc1ccc(-c2c(C(C)C)cc(C(C)C)cc2C(C)C)c(P)c1CCCCCC. The number of rotatable bonds is 14. The van der Waals surface area contributed by atoms with Crippen molar-refractivity contribution in [2.45, 2.75) is 137 Å². The van der Waals surface area contributed by atoms with Crippen LogP contribution < -0.4 is 5.30 Å². The Morgan fingerprint density at radius 2 is 1.18 bits per heavy atom. The number of hydrogen-bond donors (Lipinski definition) is 0. The molecule has 0 heterocycles. The fraction of sp³-hybridized carbons (Fsp3) is 0.636. The molecule has 0 aliphatic rings. The summed E-state index contributed by atoms with van der Waals surface area (Å²) in [5, 5.41) is 1.46. The number of benzene rings is 2. The molecular formula is C33H53P. The maximum Gasteiger partial charge on any atom is -0.0104 e. The molecule has 0 amide bonds. The summed E-state index contributed by atoms with van der Waals surface area (Å²) in [7, 11) is 3.20. The Balaban J connectivity index is 2.63. The molecule has 0 radical (unpaired) electrons. The summed E-state index contributed by atoms with van der Waals surface area (Å²) in [4.78, 5) is 0. The van der Waals surface area contributed by atoms with Gasteiger partial charge in [-0.1, -0.05) is 118 Å². The van der Waals surface area contributed by atoms with Crippen LogP contribution in [0.3, 0.4) is 0 Å². The van der Waals surface area contributed by atoms with Gasteiger partial charge in [-0.25, -0.2) is 0 Å². The lowest BCUT2D eigenvalue weighted by Gasteiger charge is -2.26. The third-order valence-corrected chi connectivity index (χ3v) is 8.10. The molecule has 1 heteroatoms. The average Bonchev–Trinajstić information content (AvgIpc) is 2.80. The van der Waals surface area contributed by atoms with Crippen molar-refractivity contribution >= 4 is 14.5 Å². The molecule has 2 aromatic rings. The van der Waals surface area contributed by atoms with E-state index in [0.29, 0.717) is 17.8 Å². The largest absolute Gasteiger partial charge is 0.105 e. The first-order valence-electron chi connectivity index (χ1n) is 14.3. The molecule has 0 aromatic heterocycles. The van der Waals surface area contributed by atoms with Gasteiger partial charge in [0.1, 0.15) is 0 Å². The van der Waals surface area contributed by atoms with Crippen molar-refractivity contribution in [2.75, 3.05) is 0 Å². The van der Waals surface area contributed by atoms with E-state index in [4.69, 9.17) is 0 Å². The lowest BCUT2D eigenvalue weighted by molar-refractivity contribution is 0.652. The molecule has 0 bridgehead atoms. The molecule has 34 heavy (non-hydrogen) atoms. The Labute approximate surface area is 214 Å². The van der Waals surface area contributed by atoms with E-state index in [1.165, 1.54) is 97.3 Å². The predicted molar refractivity (Wildman–Crippen MR) is 159 cm³/mol. The molecule has 0 saturated heterocycles. The third kappa shape index (κ3) is 7.68. The van der Waals surface area contributed by atoms with Gasteiger partial charge in [0.25, 0.3) is 0 Å². The van der Waals surface area contributed by atoms with Crippen LogP contribution in [0.1, 0.15) is 152 Å². The van der Waals surface area contributed by atoms with E-state index in [2.05, 4.69) is 88.9 Å². The summed E-state index contributed by atoms with van der Waals surface area (Å²) in [5.74, 6) is 1.58. The minimum Gasteiger partial charge on any atom is -0.105 e. The van der Waals surface area contributed by atoms with Crippen LogP contribution in [0, 0.1) is 0 Å². The zero-order chi connectivity index (χ0) is 25.3. The van der Waals surface area contributed by atoms with Crippen LogP contribution in [0.25, 0.3) is 11.1 Å². The molecule has 0 aliphatic heterocycles. The molecule has 1 atom stereocenters. The Morgan fingerprint density at radius 3 is 1.65 bits per heavy atom. The second-order valence-corrected chi connectivity index (χ2v) is 11.9.